The van der Waals surface area contributed by atoms with Crippen molar-refractivity contribution in [3.63, 3.8) is 0 Å². The molecule has 1 atom stereocenters. The third-order valence-electron chi connectivity index (χ3n) is 2.11. The maximum atomic E-state index is 11.0. The summed E-state index contributed by atoms with van der Waals surface area (Å²) in [6.45, 7) is 0. The van der Waals surface area contributed by atoms with Crippen LogP contribution in [-0.4, -0.2) is 16.2 Å². The van der Waals surface area contributed by atoms with E-state index in [1.165, 1.54) is 0 Å². The Labute approximate surface area is 102 Å². The number of hydrogen-bond donors (Lipinski definition) is 2. The Balaban J connectivity index is 3.07. The van der Waals surface area contributed by atoms with E-state index in [4.69, 9.17) is 5.11 Å². The average Bonchev–Trinajstić information content (AvgIpc) is 2.27. The Morgan fingerprint density at radius 2 is 2.00 bits per heavy atom. The summed E-state index contributed by atoms with van der Waals surface area (Å²) in [5.41, 5.74) is -1.44. The van der Waals surface area contributed by atoms with Gasteiger partial charge in [-0.15, -0.1) is 0 Å². The quantitative estimate of drug-likeness (QED) is 0.838. The van der Waals surface area contributed by atoms with Crippen LogP contribution in [0, 0.1) is 0 Å². The summed E-state index contributed by atoms with van der Waals surface area (Å²) in [6, 6.07) is 8.40. The lowest BCUT2D eigenvalue weighted by Gasteiger charge is -2.22. The van der Waals surface area contributed by atoms with Gasteiger partial charge < -0.3 is 10.2 Å². The van der Waals surface area contributed by atoms with Crippen molar-refractivity contribution in [3.05, 3.63) is 46.1 Å². The fourth-order valence-corrected chi connectivity index (χ4v) is 1.51. The molecular weight excluding hydrogens is 307 g/mol. The zero-order valence-corrected chi connectivity index (χ0v) is 10.1. The van der Waals surface area contributed by atoms with Gasteiger partial charge in [-0.05, 0) is 9.65 Å². The third kappa shape index (κ3) is 2.79. The Morgan fingerprint density at radius 1 is 1.40 bits per heavy atom. The topological polar surface area (TPSA) is 57.5 Å². The van der Waals surface area contributed by atoms with Gasteiger partial charge in [0.05, 0.1) is 0 Å². The third-order valence-corrected chi connectivity index (χ3v) is 2.62. The standard InChI is InChI=1S/C11H11IO3/c12-8-4-7-11(15,10(13)14)9-5-2-1-3-6-9/h1-6,8,15H,7H2,(H,13,14). The number of carbonyl (C=O) groups is 1. The zero-order valence-electron chi connectivity index (χ0n) is 7.93. The normalized spacial score (nSPS) is 15.1. The average molecular weight is 318 g/mol. The van der Waals surface area contributed by atoms with Crippen LogP contribution >= 0.6 is 22.6 Å². The number of hydrogen-bond acceptors (Lipinski definition) is 2. The van der Waals surface area contributed by atoms with Crippen molar-refractivity contribution in [1.29, 1.82) is 0 Å². The summed E-state index contributed by atoms with van der Waals surface area (Å²) >= 11 is 1.99. The first-order valence-electron chi connectivity index (χ1n) is 4.38. The van der Waals surface area contributed by atoms with Crippen LogP contribution in [0.2, 0.25) is 0 Å². The Morgan fingerprint density at radius 3 is 2.47 bits per heavy atom. The predicted molar refractivity (Wildman–Crippen MR) is 65.8 cm³/mol. The molecule has 0 amide bonds. The van der Waals surface area contributed by atoms with E-state index in [1.54, 1.807) is 40.5 Å². The lowest BCUT2D eigenvalue weighted by molar-refractivity contribution is -0.159. The highest BCUT2D eigenvalue weighted by Crippen LogP contribution is 2.25. The minimum Gasteiger partial charge on any atom is -0.479 e. The molecule has 2 N–H and O–H groups in total. The predicted octanol–water partition coefficient (Wildman–Crippen LogP) is 2.30. The fourth-order valence-electron chi connectivity index (χ4n) is 1.26. The lowest BCUT2D eigenvalue weighted by atomic mass is 9.91. The van der Waals surface area contributed by atoms with E-state index in [0.29, 0.717) is 5.56 Å². The molecule has 15 heavy (non-hydrogen) atoms. The molecule has 0 aliphatic rings. The van der Waals surface area contributed by atoms with Gasteiger partial charge in [0.2, 0.25) is 0 Å². The number of rotatable bonds is 4. The largest absolute Gasteiger partial charge is 0.479 e. The van der Waals surface area contributed by atoms with Gasteiger partial charge in [0.1, 0.15) is 0 Å². The summed E-state index contributed by atoms with van der Waals surface area (Å²) in [6.07, 6.45) is 1.69. The van der Waals surface area contributed by atoms with Gasteiger partial charge in [-0.25, -0.2) is 4.79 Å². The number of carboxylic acid groups (broad SMARTS) is 1. The van der Waals surface area contributed by atoms with E-state index in [-0.39, 0.29) is 6.42 Å². The number of halogens is 1. The van der Waals surface area contributed by atoms with Crippen LogP contribution in [0.4, 0.5) is 0 Å². The minimum atomic E-state index is -1.83. The molecule has 0 spiro atoms. The van der Waals surface area contributed by atoms with E-state index in [1.807, 2.05) is 22.6 Å². The zero-order chi connectivity index (χ0) is 11.3. The Kier molecular flexibility index (Phi) is 4.28. The fraction of sp³-hybridized carbons (Fsp3) is 0.182. The monoisotopic (exact) mass is 318 g/mol. The van der Waals surface area contributed by atoms with Crippen LogP contribution in [0.3, 0.4) is 0 Å². The molecule has 80 valence electrons. The summed E-state index contributed by atoms with van der Waals surface area (Å²) in [4.78, 5) is 11.0. The number of aliphatic hydroxyl groups is 1. The van der Waals surface area contributed by atoms with Crippen molar-refractivity contribution in [2.75, 3.05) is 0 Å². The number of carboxylic acids is 1. The first kappa shape index (κ1) is 12.2. The maximum absolute atomic E-state index is 11.0. The van der Waals surface area contributed by atoms with Crippen LogP contribution in [-0.2, 0) is 10.4 Å². The first-order valence-corrected chi connectivity index (χ1v) is 5.62. The van der Waals surface area contributed by atoms with Gasteiger partial charge in [0.15, 0.2) is 5.60 Å². The van der Waals surface area contributed by atoms with Crippen molar-refractivity contribution in [2.24, 2.45) is 0 Å². The van der Waals surface area contributed by atoms with E-state index in [2.05, 4.69) is 0 Å². The highest BCUT2D eigenvalue weighted by molar-refractivity contribution is 14.1. The van der Waals surface area contributed by atoms with Gasteiger partial charge in [-0.2, -0.15) is 0 Å². The van der Waals surface area contributed by atoms with Gasteiger partial charge >= 0.3 is 5.97 Å². The molecule has 0 aromatic heterocycles. The van der Waals surface area contributed by atoms with E-state index < -0.39 is 11.6 Å². The van der Waals surface area contributed by atoms with Crippen LogP contribution in [0.5, 0.6) is 0 Å². The van der Waals surface area contributed by atoms with Crippen molar-refractivity contribution in [2.45, 2.75) is 12.0 Å². The second-order valence-corrected chi connectivity index (χ2v) is 3.82. The van der Waals surface area contributed by atoms with E-state index in [0.717, 1.165) is 0 Å². The van der Waals surface area contributed by atoms with Gasteiger partial charge in [0.25, 0.3) is 0 Å². The number of benzene rings is 1. The molecule has 0 fully saturated rings. The van der Waals surface area contributed by atoms with Crippen molar-refractivity contribution < 1.29 is 15.0 Å². The minimum absolute atomic E-state index is 0.0648. The van der Waals surface area contributed by atoms with Crippen molar-refractivity contribution in [1.82, 2.24) is 0 Å². The molecule has 0 bridgehead atoms. The Hall–Kier alpha value is -0.880. The molecule has 1 rings (SSSR count). The van der Waals surface area contributed by atoms with E-state index >= 15 is 0 Å². The second-order valence-electron chi connectivity index (χ2n) is 3.10. The molecule has 1 aromatic carbocycles. The molecule has 0 aliphatic carbocycles. The molecule has 1 unspecified atom stereocenters. The van der Waals surface area contributed by atoms with Gasteiger partial charge in [0, 0.05) is 6.42 Å². The van der Waals surface area contributed by atoms with Crippen LogP contribution in [0.25, 0.3) is 0 Å². The summed E-state index contributed by atoms with van der Waals surface area (Å²) in [7, 11) is 0. The van der Waals surface area contributed by atoms with Crippen LogP contribution in [0.1, 0.15) is 12.0 Å². The second kappa shape index (κ2) is 5.27. The summed E-state index contributed by atoms with van der Waals surface area (Å²) in [5.74, 6) is -1.23. The highest BCUT2D eigenvalue weighted by atomic mass is 127. The first-order chi connectivity index (χ1) is 7.11. The molecular formula is C11H11IO3. The number of aliphatic carboxylic acids is 1. The maximum Gasteiger partial charge on any atom is 0.340 e. The van der Waals surface area contributed by atoms with Gasteiger partial charge in [-0.1, -0.05) is 59.0 Å². The van der Waals surface area contributed by atoms with Crippen molar-refractivity contribution >= 4 is 28.6 Å². The molecule has 0 aliphatic heterocycles. The van der Waals surface area contributed by atoms with Crippen LogP contribution < -0.4 is 0 Å². The highest BCUT2D eigenvalue weighted by Gasteiger charge is 2.36. The summed E-state index contributed by atoms with van der Waals surface area (Å²) < 4.78 is 1.69. The Bertz CT molecular complexity index is 361. The molecule has 0 radical (unpaired) electrons. The molecule has 4 heteroatoms. The van der Waals surface area contributed by atoms with Gasteiger partial charge in [-0.3, -0.25) is 0 Å². The SMILES string of the molecule is O=C(O)C(O)(CC=CI)c1ccccc1. The molecule has 0 heterocycles. The summed E-state index contributed by atoms with van der Waals surface area (Å²) in [5, 5.41) is 19.1. The molecule has 3 nitrogen and oxygen atoms in total. The van der Waals surface area contributed by atoms with E-state index in [9.17, 15) is 9.90 Å². The smallest absolute Gasteiger partial charge is 0.340 e. The molecule has 0 saturated carbocycles. The van der Waals surface area contributed by atoms with Crippen LogP contribution in [0.15, 0.2) is 40.5 Å². The lowest BCUT2D eigenvalue weighted by Crippen LogP contribution is -2.34. The van der Waals surface area contributed by atoms with Crippen molar-refractivity contribution in [3.8, 4) is 0 Å². The molecule has 0 saturated heterocycles. The molecule has 1 aromatic rings.